The average molecular weight is 566 g/mol. The fourth-order valence-corrected chi connectivity index (χ4v) is 5.64. The number of fused-ring (bicyclic) bond motifs is 1. The van der Waals surface area contributed by atoms with Gasteiger partial charge in [-0.1, -0.05) is 42.5 Å². The van der Waals surface area contributed by atoms with E-state index in [1.54, 1.807) is 0 Å². The van der Waals surface area contributed by atoms with Crippen LogP contribution in [0.4, 0.5) is 0 Å². The van der Waals surface area contributed by atoms with Crippen LogP contribution < -0.4 is 0 Å². The highest BCUT2D eigenvalue weighted by Crippen LogP contribution is 2.36. The second-order valence-corrected chi connectivity index (χ2v) is 10.6. The maximum absolute atomic E-state index is 10.7. The highest BCUT2D eigenvalue weighted by atomic mass is 32.1. The minimum Gasteiger partial charge on any atom is -0.394 e. The second-order valence-electron chi connectivity index (χ2n) is 9.49. The van der Waals surface area contributed by atoms with Crippen molar-refractivity contribution in [3.05, 3.63) is 65.2 Å². The first-order valence-electron chi connectivity index (χ1n) is 12.5. The Morgan fingerprint density at radius 3 is 2.05 bits per heavy atom. The molecule has 2 aliphatic rings. The predicted octanol–water partition coefficient (Wildman–Crippen LogP) is -0.974. The van der Waals surface area contributed by atoms with Crippen LogP contribution >= 0.6 is 11.3 Å². The molecule has 2 saturated heterocycles. The van der Waals surface area contributed by atoms with Gasteiger partial charge in [-0.2, -0.15) is 0 Å². The number of hydrogen-bond acceptors (Lipinski definition) is 13. The Kier molecular flexibility index (Phi) is 8.88. The number of aliphatic hydroxyl groups excluding tert-OH is 7. The number of benzene rings is 2. The van der Waals surface area contributed by atoms with E-state index in [0.29, 0.717) is 5.01 Å². The van der Waals surface area contributed by atoms with Crippen molar-refractivity contribution in [3.63, 3.8) is 0 Å². The lowest BCUT2D eigenvalue weighted by atomic mass is 9.98. The topological polar surface area (TPSA) is 191 Å². The summed E-state index contributed by atoms with van der Waals surface area (Å²) in [7, 11) is 0. The first-order chi connectivity index (χ1) is 18.8. The lowest BCUT2D eigenvalue weighted by molar-refractivity contribution is -0.334. The van der Waals surface area contributed by atoms with Crippen LogP contribution in [0.15, 0.2) is 54.6 Å². The van der Waals surface area contributed by atoms with Crippen LogP contribution in [0.2, 0.25) is 0 Å². The monoisotopic (exact) mass is 565 g/mol. The molecule has 13 heteroatoms. The fourth-order valence-electron chi connectivity index (χ4n) is 4.60. The van der Waals surface area contributed by atoms with E-state index in [1.165, 1.54) is 11.3 Å². The van der Waals surface area contributed by atoms with Gasteiger partial charge in [0.05, 0.1) is 23.4 Å². The highest BCUT2D eigenvalue weighted by Gasteiger charge is 2.48. The van der Waals surface area contributed by atoms with Gasteiger partial charge in [-0.05, 0) is 17.7 Å². The predicted molar refractivity (Wildman–Crippen MR) is 135 cm³/mol. The van der Waals surface area contributed by atoms with Gasteiger partial charge in [0.25, 0.3) is 0 Å². The standard InChI is InChI=1S/C26H31NO11S/c28-10-14-17(29)19(31)21(33)25(36-14)35-11-15-18(30)20(32)22(34)26(37-15)38-23(12-6-2-1-3-7-12)24-27-13-8-4-5-9-16(13)39-24/h1-9,14-15,17-23,25-26,28-34H,10-11H2/t14-,15-,17-,18-,19+,20+,21-,22-,23-,25-,26+/m1/s1. The fraction of sp³-hybridized carbons (Fsp3) is 0.500. The summed E-state index contributed by atoms with van der Waals surface area (Å²) in [4.78, 5) is 4.68. The molecule has 39 heavy (non-hydrogen) atoms. The molecule has 0 amide bonds. The van der Waals surface area contributed by atoms with Gasteiger partial charge in [0.1, 0.15) is 59.9 Å². The van der Waals surface area contributed by atoms with E-state index in [2.05, 4.69) is 4.98 Å². The van der Waals surface area contributed by atoms with Gasteiger partial charge in [-0.15, -0.1) is 11.3 Å². The van der Waals surface area contributed by atoms with Gasteiger partial charge in [0.15, 0.2) is 12.6 Å². The normalized spacial score (nSPS) is 36.2. The lowest BCUT2D eigenvalue weighted by Crippen LogP contribution is -2.61. The van der Waals surface area contributed by atoms with Gasteiger partial charge in [0, 0.05) is 0 Å². The summed E-state index contributed by atoms with van der Waals surface area (Å²) in [6.07, 6.45) is -15.9. The van der Waals surface area contributed by atoms with Crippen molar-refractivity contribution >= 4 is 21.6 Å². The summed E-state index contributed by atoms with van der Waals surface area (Å²) in [6, 6.07) is 16.7. The Morgan fingerprint density at radius 1 is 0.744 bits per heavy atom. The van der Waals surface area contributed by atoms with Crippen LogP contribution in [0.5, 0.6) is 0 Å². The van der Waals surface area contributed by atoms with Crippen LogP contribution in [-0.2, 0) is 18.9 Å². The molecule has 0 aliphatic carbocycles. The smallest absolute Gasteiger partial charge is 0.187 e. The van der Waals surface area contributed by atoms with E-state index in [4.69, 9.17) is 18.9 Å². The summed E-state index contributed by atoms with van der Waals surface area (Å²) >= 11 is 1.41. The Morgan fingerprint density at radius 2 is 1.36 bits per heavy atom. The molecule has 7 N–H and O–H groups in total. The van der Waals surface area contributed by atoms with Gasteiger partial charge >= 0.3 is 0 Å². The molecule has 0 bridgehead atoms. The average Bonchev–Trinajstić information content (AvgIpc) is 3.39. The zero-order chi connectivity index (χ0) is 27.7. The van der Waals surface area contributed by atoms with E-state index in [1.807, 2.05) is 54.6 Å². The zero-order valence-corrected chi connectivity index (χ0v) is 21.4. The third-order valence-corrected chi connectivity index (χ3v) is 7.93. The number of hydrogen-bond donors (Lipinski definition) is 7. The maximum Gasteiger partial charge on any atom is 0.187 e. The number of aromatic nitrogens is 1. The van der Waals surface area contributed by atoms with Crippen molar-refractivity contribution in [2.24, 2.45) is 0 Å². The van der Waals surface area contributed by atoms with Crippen molar-refractivity contribution in [1.82, 2.24) is 4.98 Å². The Labute approximate surface area is 227 Å². The summed E-state index contributed by atoms with van der Waals surface area (Å²) in [6.45, 7) is -1.09. The van der Waals surface area contributed by atoms with Crippen molar-refractivity contribution in [3.8, 4) is 0 Å². The number of rotatable bonds is 8. The molecule has 5 rings (SSSR count). The van der Waals surface area contributed by atoms with Crippen LogP contribution in [0.3, 0.4) is 0 Å². The number of thiazole rings is 1. The van der Waals surface area contributed by atoms with Gasteiger partial charge in [-0.25, -0.2) is 4.98 Å². The third-order valence-electron chi connectivity index (χ3n) is 6.85. The first-order valence-corrected chi connectivity index (χ1v) is 13.3. The molecule has 2 aliphatic heterocycles. The van der Waals surface area contributed by atoms with E-state index >= 15 is 0 Å². The van der Waals surface area contributed by atoms with Gasteiger partial charge in [-0.3, -0.25) is 0 Å². The van der Waals surface area contributed by atoms with Crippen LogP contribution in [0.25, 0.3) is 10.2 Å². The summed E-state index contributed by atoms with van der Waals surface area (Å²) in [5, 5.41) is 72.0. The molecule has 11 atom stereocenters. The van der Waals surface area contributed by atoms with Crippen molar-refractivity contribution in [1.29, 1.82) is 0 Å². The number of ether oxygens (including phenoxy) is 4. The maximum atomic E-state index is 10.7. The van der Waals surface area contributed by atoms with Gasteiger partial charge in [0.2, 0.25) is 0 Å². The minimum atomic E-state index is -1.67. The summed E-state index contributed by atoms with van der Waals surface area (Å²) in [5.41, 5.74) is 1.50. The number of aliphatic hydroxyl groups is 7. The number of para-hydroxylation sites is 1. The second kappa shape index (κ2) is 12.2. The first kappa shape index (κ1) is 28.4. The molecule has 0 radical (unpaired) electrons. The Bertz CT molecular complexity index is 1180. The lowest BCUT2D eigenvalue weighted by Gasteiger charge is -2.43. The molecular formula is C26H31NO11S. The Balaban J connectivity index is 1.34. The SMILES string of the molecule is OC[C@H]1O[C@@H](OC[C@H]2O[C@@H](O[C@H](c3ccccc3)c3nc4ccccc4s3)[C@H](O)[C@@H](O)[C@@H]2O)[C@H](O)[C@@H](O)[C@@H]1O. The van der Waals surface area contributed by atoms with E-state index in [-0.39, 0.29) is 0 Å². The molecule has 2 aromatic carbocycles. The molecule has 0 saturated carbocycles. The molecule has 3 heterocycles. The largest absolute Gasteiger partial charge is 0.394 e. The molecule has 1 aromatic heterocycles. The van der Waals surface area contributed by atoms with Crippen molar-refractivity contribution < 1.29 is 54.7 Å². The molecule has 0 unspecified atom stereocenters. The minimum absolute atomic E-state index is 0.454. The molecule has 12 nitrogen and oxygen atoms in total. The molecular weight excluding hydrogens is 534 g/mol. The summed E-state index contributed by atoms with van der Waals surface area (Å²) in [5.74, 6) is 0. The van der Waals surface area contributed by atoms with Crippen molar-refractivity contribution in [2.75, 3.05) is 13.2 Å². The van der Waals surface area contributed by atoms with E-state index in [9.17, 15) is 35.7 Å². The Hall–Kier alpha value is -2.11. The molecule has 3 aromatic rings. The van der Waals surface area contributed by atoms with Crippen LogP contribution in [-0.4, -0.2) is 115 Å². The molecule has 2 fully saturated rings. The molecule has 212 valence electrons. The number of nitrogens with zero attached hydrogens (tertiary/aromatic N) is 1. The quantitative estimate of drug-likeness (QED) is 0.177. The zero-order valence-electron chi connectivity index (χ0n) is 20.6. The van der Waals surface area contributed by atoms with E-state index in [0.717, 1.165) is 15.8 Å². The summed E-state index contributed by atoms with van der Waals surface area (Å²) < 4.78 is 23.8. The third kappa shape index (κ3) is 5.86. The van der Waals surface area contributed by atoms with Gasteiger partial charge < -0.3 is 54.7 Å². The van der Waals surface area contributed by atoms with Crippen molar-refractivity contribution in [2.45, 2.75) is 67.5 Å². The highest BCUT2D eigenvalue weighted by molar-refractivity contribution is 7.18. The van der Waals surface area contributed by atoms with Crippen LogP contribution in [0, 0.1) is 0 Å². The molecule has 0 spiro atoms. The van der Waals surface area contributed by atoms with E-state index < -0.39 is 80.7 Å². The van der Waals surface area contributed by atoms with Crippen LogP contribution in [0.1, 0.15) is 16.7 Å².